The smallest absolute Gasteiger partial charge is 0.335 e. The van der Waals surface area contributed by atoms with Crippen LogP contribution in [0.3, 0.4) is 0 Å². The number of aromatic hydroxyl groups is 1. The lowest BCUT2D eigenvalue weighted by Crippen LogP contribution is -2.13. The first kappa shape index (κ1) is 13.7. The van der Waals surface area contributed by atoms with Crippen LogP contribution in [0.2, 0.25) is 0 Å². The van der Waals surface area contributed by atoms with Gasteiger partial charge in [0.15, 0.2) is 4.77 Å². The summed E-state index contributed by atoms with van der Waals surface area (Å²) >= 11 is 4.69. The largest absolute Gasteiger partial charge is 0.494 e. The zero-order valence-electron chi connectivity index (χ0n) is 9.95. The van der Waals surface area contributed by atoms with E-state index in [2.05, 4.69) is 27.2 Å². The van der Waals surface area contributed by atoms with Crippen LogP contribution in [0, 0.1) is 4.77 Å². The van der Waals surface area contributed by atoms with Crippen molar-refractivity contribution in [2.45, 2.75) is 0 Å². The van der Waals surface area contributed by atoms with Gasteiger partial charge in [-0.1, -0.05) is 6.07 Å². The zero-order valence-corrected chi connectivity index (χ0v) is 10.8. The minimum atomic E-state index is -1.08. The van der Waals surface area contributed by atoms with E-state index in [1.807, 2.05) is 0 Å². The van der Waals surface area contributed by atoms with Crippen LogP contribution < -0.4 is 5.56 Å². The number of H-pyrrole nitrogens is 2. The molecule has 7 nitrogen and oxygen atoms in total. The molecular formula is C12H9N3O4S. The fourth-order valence-corrected chi connectivity index (χ4v) is 1.65. The van der Waals surface area contributed by atoms with Crippen molar-refractivity contribution in [2.75, 3.05) is 0 Å². The van der Waals surface area contributed by atoms with Gasteiger partial charge in [0, 0.05) is 6.21 Å². The Kier molecular flexibility index (Phi) is 3.76. The van der Waals surface area contributed by atoms with Gasteiger partial charge in [0.2, 0.25) is 5.88 Å². The number of aliphatic imine (C=N–C) groups is 1. The molecule has 0 aliphatic heterocycles. The Hall–Kier alpha value is -2.74. The fourth-order valence-electron chi connectivity index (χ4n) is 1.46. The third kappa shape index (κ3) is 2.98. The van der Waals surface area contributed by atoms with Crippen molar-refractivity contribution < 1.29 is 15.0 Å². The second kappa shape index (κ2) is 5.49. The van der Waals surface area contributed by atoms with Crippen molar-refractivity contribution >= 4 is 30.1 Å². The summed E-state index contributed by atoms with van der Waals surface area (Å²) in [6.07, 6.45) is 1.13. The molecule has 2 rings (SSSR count). The number of hydrogen-bond donors (Lipinski definition) is 4. The average Bonchev–Trinajstić information content (AvgIpc) is 2.37. The van der Waals surface area contributed by atoms with Crippen molar-refractivity contribution in [1.29, 1.82) is 0 Å². The molecule has 0 unspecified atom stereocenters. The first-order chi connectivity index (χ1) is 9.47. The quantitative estimate of drug-likeness (QED) is 0.506. The molecule has 2 aromatic rings. The molecule has 1 aromatic carbocycles. The molecule has 4 N–H and O–H groups in total. The third-order valence-electron chi connectivity index (χ3n) is 2.39. The second-order valence-corrected chi connectivity index (χ2v) is 4.19. The number of carbonyl (C=O) groups is 1. The number of carboxylic acids is 1. The standard InChI is InChI=1S/C12H9N3O4S/c16-9-8(10(17)15-12(20)14-9)5-13-7-3-1-2-6(4-7)11(18)19/h1-5H,(H,18,19)(H3,14,15,16,17,20). The van der Waals surface area contributed by atoms with Crippen molar-refractivity contribution in [1.82, 2.24) is 9.97 Å². The molecule has 1 aromatic heterocycles. The molecule has 0 aliphatic carbocycles. The third-order valence-corrected chi connectivity index (χ3v) is 2.60. The first-order valence-electron chi connectivity index (χ1n) is 5.40. The maximum Gasteiger partial charge on any atom is 0.335 e. The predicted molar refractivity (Wildman–Crippen MR) is 74.6 cm³/mol. The van der Waals surface area contributed by atoms with E-state index in [1.54, 1.807) is 6.07 Å². The predicted octanol–water partition coefficient (Wildman–Crippen LogP) is 1.59. The molecular weight excluding hydrogens is 282 g/mol. The summed E-state index contributed by atoms with van der Waals surface area (Å²) in [5.74, 6) is -1.48. The monoisotopic (exact) mass is 291 g/mol. The topological polar surface area (TPSA) is 119 Å². The molecule has 0 aliphatic rings. The molecule has 0 radical (unpaired) electrons. The number of aromatic nitrogens is 2. The number of rotatable bonds is 3. The molecule has 20 heavy (non-hydrogen) atoms. The highest BCUT2D eigenvalue weighted by molar-refractivity contribution is 7.71. The number of carboxylic acid groups (broad SMARTS) is 1. The van der Waals surface area contributed by atoms with E-state index in [9.17, 15) is 14.7 Å². The fraction of sp³-hybridized carbons (Fsp3) is 0. The summed E-state index contributed by atoms with van der Waals surface area (Å²) in [7, 11) is 0. The van der Waals surface area contributed by atoms with Gasteiger partial charge in [-0.3, -0.25) is 14.8 Å². The van der Waals surface area contributed by atoms with Gasteiger partial charge in [0.25, 0.3) is 5.56 Å². The van der Waals surface area contributed by atoms with Crippen LogP contribution >= 0.6 is 12.2 Å². The zero-order chi connectivity index (χ0) is 14.7. The molecule has 0 saturated carbocycles. The van der Waals surface area contributed by atoms with Crippen LogP contribution in [0.25, 0.3) is 0 Å². The van der Waals surface area contributed by atoms with Gasteiger partial charge >= 0.3 is 5.97 Å². The Morgan fingerprint density at radius 3 is 2.75 bits per heavy atom. The van der Waals surface area contributed by atoms with Crippen molar-refractivity contribution in [3.63, 3.8) is 0 Å². The number of nitrogens with one attached hydrogen (secondary N) is 2. The normalized spacial score (nSPS) is 10.8. The van der Waals surface area contributed by atoms with Gasteiger partial charge in [0.1, 0.15) is 5.56 Å². The lowest BCUT2D eigenvalue weighted by molar-refractivity contribution is 0.0697. The van der Waals surface area contributed by atoms with E-state index in [4.69, 9.17) is 5.11 Å². The van der Waals surface area contributed by atoms with E-state index < -0.39 is 17.4 Å². The van der Waals surface area contributed by atoms with Gasteiger partial charge in [-0.2, -0.15) is 0 Å². The summed E-state index contributed by atoms with van der Waals surface area (Å²) in [5, 5.41) is 18.4. The summed E-state index contributed by atoms with van der Waals surface area (Å²) in [6, 6.07) is 5.86. The molecule has 8 heteroatoms. The Morgan fingerprint density at radius 2 is 2.10 bits per heavy atom. The Morgan fingerprint density at radius 1 is 1.35 bits per heavy atom. The van der Waals surface area contributed by atoms with Crippen LogP contribution in [0.4, 0.5) is 5.69 Å². The number of benzene rings is 1. The summed E-state index contributed by atoms with van der Waals surface area (Å²) in [6.45, 7) is 0. The highest BCUT2D eigenvalue weighted by Crippen LogP contribution is 2.15. The molecule has 0 amide bonds. The van der Waals surface area contributed by atoms with E-state index in [-0.39, 0.29) is 15.9 Å². The molecule has 0 atom stereocenters. The van der Waals surface area contributed by atoms with Gasteiger partial charge in [-0.05, 0) is 30.4 Å². The Labute approximate surface area is 117 Å². The van der Waals surface area contributed by atoms with Crippen LogP contribution in [-0.4, -0.2) is 32.4 Å². The van der Waals surface area contributed by atoms with Crippen molar-refractivity contribution in [3.8, 4) is 5.88 Å². The lowest BCUT2D eigenvalue weighted by atomic mass is 10.2. The molecule has 0 fully saturated rings. The summed E-state index contributed by atoms with van der Waals surface area (Å²) in [5.41, 5.74) is -0.278. The molecule has 0 spiro atoms. The number of aromatic carboxylic acids is 1. The minimum Gasteiger partial charge on any atom is -0.494 e. The van der Waals surface area contributed by atoms with Crippen LogP contribution in [0.5, 0.6) is 5.88 Å². The number of nitrogens with zero attached hydrogens (tertiary/aromatic N) is 1. The van der Waals surface area contributed by atoms with Crippen LogP contribution in [-0.2, 0) is 0 Å². The van der Waals surface area contributed by atoms with Gasteiger partial charge in [-0.25, -0.2) is 4.79 Å². The number of aromatic amines is 2. The van der Waals surface area contributed by atoms with E-state index in [1.165, 1.54) is 18.2 Å². The van der Waals surface area contributed by atoms with Crippen LogP contribution in [0.1, 0.15) is 15.9 Å². The van der Waals surface area contributed by atoms with Gasteiger partial charge in [0.05, 0.1) is 11.3 Å². The minimum absolute atomic E-state index is 0.00229. The van der Waals surface area contributed by atoms with E-state index in [0.29, 0.717) is 5.69 Å². The van der Waals surface area contributed by atoms with Crippen molar-refractivity contribution in [2.24, 2.45) is 4.99 Å². The van der Waals surface area contributed by atoms with Crippen LogP contribution in [0.15, 0.2) is 34.1 Å². The first-order valence-corrected chi connectivity index (χ1v) is 5.81. The summed E-state index contributed by atoms with van der Waals surface area (Å²) < 4.78 is -0.00229. The Balaban J connectivity index is 2.40. The van der Waals surface area contributed by atoms with E-state index >= 15 is 0 Å². The van der Waals surface area contributed by atoms with E-state index in [0.717, 1.165) is 6.21 Å². The second-order valence-electron chi connectivity index (χ2n) is 3.78. The SMILES string of the molecule is O=C(O)c1cccc(N=Cc2c(O)[nH]c(=S)[nH]c2=O)c1. The maximum atomic E-state index is 11.6. The molecule has 1 heterocycles. The van der Waals surface area contributed by atoms with Gasteiger partial charge < -0.3 is 15.2 Å². The maximum absolute atomic E-state index is 11.6. The van der Waals surface area contributed by atoms with Gasteiger partial charge in [-0.15, -0.1) is 0 Å². The molecule has 102 valence electrons. The average molecular weight is 291 g/mol. The highest BCUT2D eigenvalue weighted by atomic mass is 32.1. The Bertz CT molecular complexity index is 807. The highest BCUT2D eigenvalue weighted by Gasteiger charge is 2.05. The summed E-state index contributed by atoms with van der Waals surface area (Å²) in [4.78, 5) is 31.0. The molecule has 0 saturated heterocycles. The lowest BCUT2D eigenvalue weighted by Gasteiger charge is -1.98. The van der Waals surface area contributed by atoms with Crippen molar-refractivity contribution in [3.05, 3.63) is 50.5 Å². The number of hydrogen-bond acceptors (Lipinski definition) is 5. The molecule has 0 bridgehead atoms.